The standard InChI is InChI=1S/C22H19N5O3/c1-3-14-4-8-16(9-5-14)19-24-18(30-26-19)13-27-20(28)22(2,25-21(27)29)17-10-6-15(12-23)7-11-17/h4-11H,3,13H2,1-2H3,(H,25,29). The number of rotatable bonds is 5. The van der Waals surface area contributed by atoms with Crippen molar-refractivity contribution in [3.63, 3.8) is 0 Å². The van der Waals surface area contributed by atoms with Crippen LogP contribution in [0.1, 0.15) is 36.4 Å². The van der Waals surface area contributed by atoms with Crippen molar-refractivity contribution in [2.45, 2.75) is 32.4 Å². The number of carbonyl (C=O) groups excluding carboxylic acids is 2. The number of benzene rings is 2. The Kier molecular flexibility index (Phi) is 4.80. The molecule has 0 bridgehead atoms. The minimum absolute atomic E-state index is 0.128. The maximum Gasteiger partial charge on any atom is 0.325 e. The summed E-state index contributed by atoms with van der Waals surface area (Å²) in [6.07, 6.45) is 0.933. The Hall–Kier alpha value is -3.99. The molecular weight excluding hydrogens is 382 g/mol. The van der Waals surface area contributed by atoms with Crippen LogP contribution in [0.3, 0.4) is 0 Å². The van der Waals surface area contributed by atoms with E-state index in [9.17, 15) is 9.59 Å². The Bertz CT molecular complexity index is 1140. The number of nitriles is 1. The van der Waals surface area contributed by atoms with Crippen LogP contribution in [-0.4, -0.2) is 27.0 Å². The zero-order chi connectivity index (χ0) is 21.3. The van der Waals surface area contributed by atoms with Gasteiger partial charge in [-0.25, -0.2) is 4.79 Å². The molecule has 0 radical (unpaired) electrons. The number of aromatic nitrogens is 2. The highest BCUT2D eigenvalue weighted by molar-refractivity contribution is 6.07. The van der Waals surface area contributed by atoms with Crippen LogP contribution in [0.5, 0.6) is 0 Å². The smallest absolute Gasteiger partial charge is 0.325 e. The number of nitrogens with one attached hydrogen (secondary N) is 1. The number of aryl methyl sites for hydroxylation is 1. The predicted octanol–water partition coefficient (Wildman–Crippen LogP) is 3.14. The molecule has 0 spiro atoms. The second-order valence-corrected chi connectivity index (χ2v) is 7.20. The second-order valence-electron chi connectivity index (χ2n) is 7.20. The molecule has 1 saturated heterocycles. The van der Waals surface area contributed by atoms with Crippen molar-refractivity contribution in [2.24, 2.45) is 0 Å². The van der Waals surface area contributed by atoms with Crippen LogP contribution in [0.15, 0.2) is 53.1 Å². The Morgan fingerprint density at radius 3 is 2.47 bits per heavy atom. The monoisotopic (exact) mass is 401 g/mol. The van der Waals surface area contributed by atoms with Crippen LogP contribution in [0, 0.1) is 11.3 Å². The molecule has 1 N–H and O–H groups in total. The first-order chi connectivity index (χ1) is 14.4. The van der Waals surface area contributed by atoms with E-state index in [1.165, 1.54) is 5.56 Å². The zero-order valence-electron chi connectivity index (χ0n) is 16.5. The molecule has 1 unspecified atom stereocenters. The van der Waals surface area contributed by atoms with Crippen LogP contribution in [0.4, 0.5) is 4.79 Å². The largest absolute Gasteiger partial charge is 0.337 e. The number of amides is 3. The summed E-state index contributed by atoms with van der Waals surface area (Å²) in [5, 5.41) is 15.6. The Morgan fingerprint density at radius 2 is 1.83 bits per heavy atom. The van der Waals surface area contributed by atoms with E-state index in [1.807, 2.05) is 30.3 Å². The molecule has 1 aliphatic heterocycles. The van der Waals surface area contributed by atoms with E-state index in [-0.39, 0.29) is 12.4 Å². The third-order valence-electron chi connectivity index (χ3n) is 5.25. The van der Waals surface area contributed by atoms with Gasteiger partial charge in [-0.05, 0) is 36.6 Å². The lowest BCUT2D eigenvalue weighted by Gasteiger charge is -2.21. The molecule has 4 rings (SSSR count). The highest BCUT2D eigenvalue weighted by Gasteiger charge is 2.49. The normalized spacial score (nSPS) is 18.4. The van der Waals surface area contributed by atoms with Crippen LogP contribution < -0.4 is 5.32 Å². The van der Waals surface area contributed by atoms with Gasteiger partial charge in [0.15, 0.2) is 0 Å². The molecule has 150 valence electrons. The van der Waals surface area contributed by atoms with E-state index in [1.54, 1.807) is 31.2 Å². The third kappa shape index (κ3) is 3.31. The SMILES string of the molecule is CCc1ccc(-c2noc(CN3C(=O)NC(C)(c4ccc(C#N)cc4)C3=O)n2)cc1. The molecule has 8 nitrogen and oxygen atoms in total. The van der Waals surface area contributed by atoms with Crippen LogP contribution >= 0.6 is 0 Å². The van der Waals surface area contributed by atoms with Gasteiger partial charge in [-0.15, -0.1) is 0 Å². The number of nitrogens with zero attached hydrogens (tertiary/aromatic N) is 4. The molecule has 3 amide bonds. The molecule has 0 aliphatic carbocycles. The van der Waals surface area contributed by atoms with E-state index < -0.39 is 17.5 Å². The first-order valence-electron chi connectivity index (χ1n) is 9.51. The fourth-order valence-corrected chi connectivity index (χ4v) is 3.38. The summed E-state index contributed by atoms with van der Waals surface area (Å²) >= 11 is 0. The van der Waals surface area contributed by atoms with Crippen LogP contribution in [0.25, 0.3) is 11.4 Å². The fraction of sp³-hybridized carbons (Fsp3) is 0.227. The number of hydrogen-bond acceptors (Lipinski definition) is 6. The van der Waals surface area contributed by atoms with Gasteiger partial charge in [0, 0.05) is 5.56 Å². The van der Waals surface area contributed by atoms with Gasteiger partial charge in [-0.3, -0.25) is 9.69 Å². The number of imide groups is 1. The number of urea groups is 1. The van der Waals surface area contributed by atoms with Crippen molar-refractivity contribution >= 4 is 11.9 Å². The van der Waals surface area contributed by atoms with Crippen molar-refractivity contribution in [2.75, 3.05) is 0 Å². The quantitative estimate of drug-likeness (QED) is 0.657. The molecule has 2 heterocycles. The van der Waals surface area contributed by atoms with Crippen LogP contribution in [0.2, 0.25) is 0 Å². The topological polar surface area (TPSA) is 112 Å². The van der Waals surface area contributed by atoms with E-state index in [4.69, 9.17) is 9.78 Å². The Balaban J connectivity index is 1.53. The summed E-state index contributed by atoms with van der Waals surface area (Å²) in [7, 11) is 0. The molecule has 3 aromatic rings. The van der Waals surface area contributed by atoms with Crippen LogP contribution in [-0.2, 0) is 23.3 Å². The average Bonchev–Trinajstić information content (AvgIpc) is 3.33. The van der Waals surface area contributed by atoms with E-state index in [0.717, 1.165) is 16.9 Å². The summed E-state index contributed by atoms with van der Waals surface area (Å²) in [5.41, 5.74) is 1.82. The summed E-state index contributed by atoms with van der Waals surface area (Å²) < 4.78 is 5.27. The molecule has 1 aromatic heterocycles. The molecule has 30 heavy (non-hydrogen) atoms. The minimum atomic E-state index is -1.23. The lowest BCUT2D eigenvalue weighted by molar-refractivity contribution is -0.131. The van der Waals surface area contributed by atoms with Gasteiger partial charge >= 0.3 is 6.03 Å². The summed E-state index contributed by atoms with van der Waals surface area (Å²) in [6.45, 7) is 3.57. The Labute approximate surface area is 173 Å². The van der Waals surface area contributed by atoms with E-state index in [2.05, 4.69) is 22.4 Å². The lowest BCUT2D eigenvalue weighted by Crippen LogP contribution is -2.40. The van der Waals surface area contributed by atoms with Gasteiger partial charge < -0.3 is 9.84 Å². The van der Waals surface area contributed by atoms with Gasteiger partial charge in [0.1, 0.15) is 12.1 Å². The molecule has 2 aromatic carbocycles. The van der Waals surface area contributed by atoms with E-state index in [0.29, 0.717) is 17.0 Å². The first-order valence-corrected chi connectivity index (χ1v) is 9.51. The fourth-order valence-electron chi connectivity index (χ4n) is 3.38. The third-order valence-corrected chi connectivity index (χ3v) is 5.25. The molecule has 8 heteroatoms. The highest BCUT2D eigenvalue weighted by Crippen LogP contribution is 2.30. The summed E-state index contributed by atoms with van der Waals surface area (Å²) in [4.78, 5) is 30.9. The van der Waals surface area contributed by atoms with Gasteiger partial charge in [-0.2, -0.15) is 10.2 Å². The number of hydrogen-bond donors (Lipinski definition) is 1. The molecule has 0 saturated carbocycles. The maximum absolute atomic E-state index is 13.0. The lowest BCUT2D eigenvalue weighted by atomic mass is 9.91. The second kappa shape index (κ2) is 7.44. The van der Waals surface area contributed by atoms with Gasteiger partial charge in [-0.1, -0.05) is 48.5 Å². The zero-order valence-corrected chi connectivity index (χ0v) is 16.5. The van der Waals surface area contributed by atoms with Crippen molar-refractivity contribution in [3.05, 3.63) is 71.1 Å². The van der Waals surface area contributed by atoms with Crippen molar-refractivity contribution < 1.29 is 14.1 Å². The van der Waals surface area contributed by atoms with Crippen molar-refractivity contribution in [1.82, 2.24) is 20.4 Å². The number of carbonyl (C=O) groups is 2. The Morgan fingerprint density at radius 1 is 1.13 bits per heavy atom. The molecular formula is C22H19N5O3. The molecule has 1 atom stereocenters. The maximum atomic E-state index is 13.0. The summed E-state index contributed by atoms with van der Waals surface area (Å²) in [5.74, 6) is 0.135. The van der Waals surface area contributed by atoms with Gasteiger partial charge in [0.2, 0.25) is 11.7 Å². The molecule has 1 fully saturated rings. The summed E-state index contributed by atoms with van der Waals surface area (Å²) in [6, 6.07) is 15.8. The first kappa shape index (κ1) is 19.3. The van der Waals surface area contributed by atoms with Crippen molar-refractivity contribution in [3.8, 4) is 17.5 Å². The van der Waals surface area contributed by atoms with Gasteiger partial charge in [0.25, 0.3) is 5.91 Å². The van der Waals surface area contributed by atoms with Crippen molar-refractivity contribution in [1.29, 1.82) is 5.26 Å². The van der Waals surface area contributed by atoms with E-state index >= 15 is 0 Å². The van der Waals surface area contributed by atoms with Gasteiger partial charge in [0.05, 0.1) is 11.6 Å². The highest BCUT2D eigenvalue weighted by atomic mass is 16.5. The predicted molar refractivity (Wildman–Crippen MR) is 107 cm³/mol. The molecule has 1 aliphatic rings. The minimum Gasteiger partial charge on any atom is -0.337 e. The average molecular weight is 401 g/mol.